The van der Waals surface area contributed by atoms with Gasteiger partial charge in [-0.25, -0.2) is 4.79 Å². The molecule has 0 radical (unpaired) electrons. The van der Waals surface area contributed by atoms with Gasteiger partial charge in [0.05, 0.1) is 10.9 Å². The zero-order valence-electron chi connectivity index (χ0n) is 8.43. The minimum atomic E-state index is -0.963. The Morgan fingerprint density at radius 2 is 2.31 bits per heavy atom. The van der Waals surface area contributed by atoms with Crippen molar-refractivity contribution < 1.29 is 14.4 Å². The molecule has 1 fully saturated rings. The third kappa shape index (κ3) is 1.50. The van der Waals surface area contributed by atoms with Crippen LogP contribution in [0.3, 0.4) is 0 Å². The van der Waals surface area contributed by atoms with Crippen LogP contribution >= 0.6 is 0 Å². The van der Waals surface area contributed by atoms with E-state index < -0.39 is 5.97 Å². The van der Waals surface area contributed by atoms with E-state index in [4.69, 9.17) is 9.63 Å². The number of rotatable bonds is 3. The molecule has 1 saturated carbocycles. The van der Waals surface area contributed by atoms with Crippen LogP contribution in [0.1, 0.15) is 23.2 Å². The summed E-state index contributed by atoms with van der Waals surface area (Å²) >= 11 is 0. The fourth-order valence-electron chi connectivity index (χ4n) is 1.60. The summed E-state index contributed by atoms with van der Waals surface area (Å²) in [6, 6.07) is 5.26. The number of carboxylic acids is 1. The maximum Gasteiger partial charge on any atom is 0.335 e. The molecule has 16 heavy (non-hydrogen) atoms. The van der Waals surface area contributed by atoms with Gasteiger partial charge in [-0.2, -0.15) is 0 Å². The SMILES string of the molecule is O=C(O)c1ccc2c(NC3CC3)noc2c1. The van der Waals surface area contributed by atoms with Crippen molar-refractivity contribution in [2.24, 2.45) is 0 Å². The maximum atomic E-state index is 10.8. The van der Waals surface area contributed by atoms with Gasteiger partial charge in [0, 0.05) is 6.04 Å². The van der Waals surface area contributed by atoms with Crippen LogP contribution in [0.15, 0.2) is 22.7 Å². The monoisotopic (exact) mass is 218 g/mol. The normalized spacial score (nSPS) is 15.2. The molecule has 82 valence electrons. The molecular weight excluding hydrogens is 208 g/mol. The molecule has 1 aromatic heterocycles. The van der Waals surface area contributed by atoms with Crippen LogP contribution in [0.5, 0.6) is 0 Å². The second-order valence-corrected chi connectivity index (χ2v) is 3.97. The van der Waals surface area contributed by atoms with Crippen molar-refractivity contribution in [2.75, 3.05) is 5.32 Å². The zero-order chi connectivity index (χ0) is 11.1. The predicted octanol–water partition coefficient (Wildman–Crippen LogP) is 2.10. The van der Waals surface area contributed by atoms with E-state index in [1.807, 2.05) is 0 Å². The first-order chi connectivity index (χ1) is 7.74. The molecular formula is C11H10N2O3. The standard InChI is InChI=1S/C11H10N2O3/c14-11(15)6-1-4-8-9(5-6)16-13-10(8)12-7-2-3-7/h1,4-5,7H,2-3H2,(H,12,13)(H,14,15). The molecule has 5 heteroatoms. The summed E-state index contributed by atoms with van der Waals surface area (Å²) < 4.78 is 5.09. The minimum absolute atomic E-state index is 0.210. The number of fused-ring (bicyclic) bond motifs is 1. The highest BCUT2D eigenvalue weighted by Gasteiger charge is 2.23. The molecule has 0 unspecified atom stereocenters. The van der Waals surface area contributed by atoms with Gasteiger partial charge >= 0.3 is 5.97 Å². The number of nitrogens with one attached hydrogen (secondary N) is 1. The van der Waals surface area contributed by atoms with Gasteiger partial charge in [0.1, 0.15) is 0 Å². The summed E-state index contributed by atoms with van der Waals surface area (Å²) in [6.07, 6.45) is 2.31. The van der Waals surface area contributed by atoms with Gasteiger partial charge in [-0.3, -0.25) is 0 Å². The first-order valence-electron chi connectivity index (χ1n) is 5.13. The van der Waals surface area contributed by atoms with Gasteiger partial charge in [-0.05, 0) is 31.0 Å². The Hall–Kier alpha value is -2.04. The largest absolute Gasteiger partial charge is 0.478 e. The Bertz CT molecular complexity index is 557. The molecule has 2 aromatic rings. The predicted molar refractivity (Wildman–Crippen MR) is 57.6 cm³/mol. The van der Waals surface area contributed by atoms with Crippen LogP contribution in [-0.4, -0.2) is 22.3 Å². The van der Waals surface area contributed by atoms with Crippen LogP contribution in [-0.2, 0) is 0 Å². The molecule has 5 nitrogen and oxygen atoms in total. The first-order valence-corrected chi connectivity index (χ1v) is 5.13. The maximum absolute atomic E-state index is 10.8. The second kappa shape index (κ2) is 3.23. The van der Waals surface area contributed by atoms with Crippen LogP contribution in [0, 0.1) is 0 Å². The van der Waals surface area contributed by atoms with Gasteiger partial charge in [-0.15, -0.1) is 0 Å². The van der Waals surface area contributed by atoms with Crippen LogP contribution in [0.2, 0.25) is 0 Å². The molecule has 1 aliphatic carbocycles. The number of hydrogen-bond acceptors (Lipinski definition) is 4. The molecule has 2 N–H and O–H groups in total. The van der Waals surface area contributed by atoms with Crippen molar-refractivity contribution in [1.82, 2.24) is 5.16 Å². The van der Waals surface area contributed by atoms with Gasteiger partial charge in [-0.1, -0.05) is 5.16 Å². The lowest BCUT2D eigenvalue weighted by atomic mass is 10.1. The van der Waals surface area contributed by atoms with Crippen molar-refractivity contribution >= 4 is 22.8 Å². The number of benzene rings is 1. The van der Waals surface area contributed by atoms with Crippen molar-refractivity contribution in [1.29, 1.82) is 0 Å². The Morgan fingerprint density at radius 3 is 3.00 bits per heavy atom. The van der Waals surface area contributed by atoms with Crippen LogP contribution in [0.4, 0.5) is 5.82 Å². The van der Waals surface area contributed by atoms with E-state index in [1.54, 1.807) is 12.1 Å². The number of aromatic nitrogens is 1. The summed E-state index contributed by atoms with van der Waals surface area (Å²) in [5.41, 5.74) is 0.713. The molecule has 1 heterocycles. The average molecular weight is 218 g/mol. The van der Waals surface area contributed by atoms with E-state index in [1.165, 1.54) is 6.07 Å². The van der Waals surface area contributed by atoms with Gasteiger partial charge in [0.25, 0.3) is 0 Å². The average Bonchev–Trinajstić information content (AvgIpc) is 2.99. The highest BCUT2D eigenvalue weighted by Crippen LogP contribution is 2.29. The Labute approximate surface area is 91.0 Å². The molecule has 0 saturated heterocycles. The smallest absolute Gasteiger partial charge is 0.335 e. The van der Waals surface area contributed by atoms with Crippen molar-refractivity contribution in [3.8, 4) is 0 Å². The van der Waals surface area contributed by atoms with E-state index >= 15 is 0 Å². The lowest BCUT2D eigenvalue weighted by molar-refractivity contribution is 0.0697. The minimum Gasteiger partial charge on any atom is -0.478 e. The van der Waals surface area contributed by atoms with E-state index in [2.05, 4.69) is 10.5 Å². The lowest BCUT2D eigenvalue weighted by Gasteiger charge is -1.98. The molecule has 0 amide bonds. The lowest BCUT2D eigenvalue weighted by Crippen LogP contribution is -2.01. The van der Waals surface area contributed by atoms with Crippen LogP contribution in [0.25, 0.3) is 11.0 Å². The number of nitrogens with zero attached hydrogens (tertiary/aromatic N) is 1. The zero-order valence-corrected chi connectivity index (χ0v) is 8.43. The van der Waals surface area contributed by atoms with E-state index in [-0.39, 0.29) is 5.56 Å². The van der Waals surface area contributed by atoms with Gasteiger partial charge < -0.3 is 14.9 Å². The summed E-state index contributed by atoms with van der Waals surface area (Å²) in [5, 5.41) is 16.8. The number of carbonyl (C=O) groups is 1. The van der Waals surface area contributed by atoms with Gasteiger partial charge in [0.2, 0.25) is 0 Å². The van der Waals surface area contributed by atoms with E-state index in [0.29, 0.717) is 17.4 Å². The van der Waals surface area contributed by atoms with E-state index in [0.717, 1.165) is 18.2 Å². The van der Waals surface area contributed by atoms with Crippen molar-refractivity contribution in [3.05, 3.63) is 23.8 Å². The molecule has 1 aliphatic rings. The third-order valence-corrected chi connectivity index (χ3v) is 2.64. The first kappa shape index (κ1) is 9.21. The molecule has 0 atom stereocenters. The Kier molecular flexibility index (Phi) is 1.86. The molecule has 0 aliphatic heterocycles. The number of hydrogen-bond donors (Lipinski definition) is 2. The van der Waals surface area contributed by atoms with Gasteiger partial charge in [0.15, 0.2) is 11.4 Å². The Morgan fingerprint density at radius 1 is 1.50 bits per heavy atom. The molecule has 0 bridgehead atoms. The second-order valence-electron chi connectivity index (χ2n) is 3.97. The van der Waals surface area contributed by atoms with E-state index in [9.17, 15) is 4.79 Å². The number of carboxylic acid groups (broad SMARTS) is 1. The van der Waals surface area contributed by atoms with Crippen LogP contribution < -0.4 is 5.32 Å². The number of aromatic carboxylic acids is 1. The summed E-state index contributed by atoms with van der Waals surface area (Å²) in [7, 11) is 0. The summed E-state index contributed by atoms with van der Waals surface area (Å²) in [5.74, 6) is -0.260. The fourth-order valence-corrected chi connectivity index (χ4v) is 1.60. The highest BCUT2D eigenvalue weighted by atomic mass is 16.5. The fraction of sp³-hybridized carbons (Fsp3) is 0.273. The van der Waals surface area contributed by atoms with Crippen molar-refractivity contribution in [3.63, 3.8) is 0 Å². The molecule has 1 aromatic carbocycles. The number of anilines is 1. The molecule has 0 spiro atoms. The van der Waals surface area contributed by atoms with Crippen molar-refractivity contribution in [2.45, 2.75) is 18.9 Å². The summed E-state index contributed by atoms with van der Waals surface area (Å²) in [4.78, 5) is 10.8. The quantitative estimate of drug-likeness (QED) is 0.825. The third-order valence-electron chi connectivity index (χ3n) is 2.64. The molecule has 3 rings (SSSR count). The Balaban J connectivity index is 2.02. The summed E-state index contributed by atoms with van der Waals surface area (Å²) in [6.45, 7) is 0. The highest BCUT2D eigenvalue weighted by molar-refractivity contribution is 5.95. The topological polar surface area (TPSA) is 75.4 Å².